The Kier molecular flexibility index (Phi) is 5.64. The van der Waals surface area contributed by atoms with Gasteiger partial charge in [0.05, 0.1) is 23.9 Å². The fourth-order valence-corrected chi connectivity index (χ4v) is 2.58. The van der Waals surface area contributed by atoms with Crippen molar-refractivity contribution in [2.75, 3.05) is 11.9 Å². The van der Waals surface area contributed by atoms with Gasteiger partial charge in [-0.15, -0.1) is 0 Å². The van der Waals surface area contributed by atoms with Crippen molar-refractivity contribution in [2.24, 2.45) is 0 Å². The van der Waals surface area contributed by atoms with Crippen LogP contribution in [0.15, 0.2) is 60.8 Å². The lowest BCUT2D eigenvalue weighted by molar-refractivity contribution is -0.115. The number of imidazole rings is 1. The zero-order chi connectivity index (χ0) is 19.2. The number of nitrogens with zero attached hydrogens (tertiary/aromatic N) is 3. The summed E-state index contributed by atoms with van der Waals surface area (Å²) in [7, 11) is 0. The van der Waals surface area contributed by atoms with E-state index in [1.807, 2.05) is 67.1 Å². The third kappa shape index (κ3) is 4.60. The highest BCUT2D eigenvalue weighted by Crippen LogP contribution is 2.24. The van der Waals surface area contributed by atoms with Crippen LogP contribution in [0, 0.1) is 11.3 Å². The Hall–Kier alpha value is -3.43. The van der Waals surface area contributed by atoms with E-state index in [-0.39, 0.29) is 18.5 Å². The van der Waals surface area contributed by atoms with E-state index in [1.165, 1.54) is 0 Å². The number of hydrogen-bond acceptors (Lipinski definition) is 4. The third-order valence-corrected chi connectivity index (χ3v) is 3.97. The van der Waals surface area contributed by atoms with E-state index >= 15 is 0 Å². The molecule has 27 heavy (non-hydrogen) atoms. The smallest absolute Gasteiger partial charge is 0.240 e. The van der Waals surface area contributed by atoms with Crippen molar-refractivity contribution in [2.45, 2.75) is 19.9 Å². The molecule has 0 aliphatic rings. The second-order valence-electron chi connectivity index (χ2n) is 6.43. The molecule has 0 fully saturated rings. The van der Waals surface area contributed by atoms with Crippen molar-refractivity contribution in [3.63, 3.8) is 0 Å². The summed E-state index contributed by atoms with van der Waals surface area (Å²) in [6.45, 7) is 4.18. The van der Waals surface area contributed by atoms with E-state index in [1.54, 1.807) is 12.1 Å². The van der Waals surface area contributed by atoms with Gasteiger partial charge < -0.3 is 5.32 Å². The van der Waals surface area contributed by atoms with Crippen molar-refractivity contribution in [1.29, 1.82) is 5.26 Å². The molecular weight excluding hydrogens is 338 g/mol. The van der Waals surface area contributed by atoms with Gasteiger partial charge in [0.25, 0.3) is 0 Å². The normalized spacial score (nSPS) is 10.6. The third-order valence-electron chi connectivity index (χ3n) is 3.97. The predicted octanol–water partition coefficient (Wildman–Crippen LogP) is 3.35. The van der Waals surface area contributed by atoms with E-state index in [4.69, 9.17) is 5.26 Å². The highest BCUT2D eigenvalue weighted by molar-refractivity contribution is 5.91. The zero-order valence-electron chi connectivity index (χ0n) is 15.3. The van der Waals surface area contributed by atoms with Gasteiger partial charge in [-0.1, -0.05) is 44.2 Å². The fraction of sp³-hybridized carbons (Fsp3) is 0.190. The van der Waals surface area contributed by atoms with Gasteiger partial charge in [-0.25, -0.2) is 4.98 Å². The molecule has 0 aliphatic carbocycles. The summed E-state index contributed by atoms with van der Waals surface area (Å²) in [4.78, 5) is 16.9. The highest BCUT2D eigenvalue weighted by atomic mass is 16.2. The summed E-state index contributed by atoms with van der Waals surface area (Å²) >= 11 is 0. The monoisotopic (exact) mass is 359 g/mol. The summed E-state index contributed by atoms with van der Waals surface area (Å²) in [6, 6.07) is 19.2. The summed E-state index contributed by atoms with van der Waals surface area (Å²) in [5.74, 6) is 0.276. The molecule has 2 aromatic carbocycles. The van der Waals surface area contributed by atoms with Gasteiger partial charge in [-0.2, -0.15) is 5.26 Å². The molecule has 1 aromatic heterocycles. The Bertz CT molecular complexity index is 952. The van der Waals surface area contributed by atoms with Crippen LogP contribution in [0.1, 0.15) is 19.4 Å². The van der Waals surface area contributed by atoms with E-state index in [9.17, 15) is 4.79 Å². The van der Waals surface area contributed by atoms with Crippen molar-refractivity contribution < 1.29 is 4.79 Å². The van der Waals surface area contributed by atoms with Crippen LogP contribution >= 0.6 is 0 Å². The molecule has 2 N–H and O–H groups in total. The Morgan fingerprint density at radius 3 is 2.48 bits per heavy atom. The minimum atomic E-state index is -0.163. The molecule has 6 nitrogen and oxygen atoms in total. The molecule has 0 saturated carbocycles. The molecule has 0 radical (unpaired) electrons. The largest absolute Gasteiger partial charge is 0.306 e. The van der Waals surface area contributed by atoms with Crippen LogP contribution in [-0.2, 0) is 4.79 Å². The topological polar surface area (TPSA) is 82.7 Å². The van der Waals surface area contributed by atoms with E-state index in [2.05, 4.69) is 21.7 Å². The number of rotatable bonds is 6. The average molecular weight is 359 g/mol. The molecule has 1 heterocycles. The first kappa shape index (κ1) is 18.4. The first-order valence-electron chi connectivity index (χ1n) is 8.75. The molecule has 0 aliphatic heterocycles. The fourth-order valence-electron chi connectivity index (χ4n) is 2.58. The maximum Gasteiger partial charge on any atom is 0.240 e. The van der Waals surface area contributed by atoms with Crippen LogP contribution in [0.2, 0.25) is 0 Å². The van der Waals surface area contributed by atoms with Gasteiger partial charge in [-0.05, 0) is 24.3 Å². The summed E-state index contributed by atoms with van der Waals surface area (Å²) in [6.07, 6.45) is 1.88. The number of hydrogen-bond donors (Lipinski definition) is 2. The summed E-state index contributed by atoms with van der Waals surface area (Å²) in [5, 5.41) is 15.0. The molecular formula is C21H21N5O. The zero-order valence-corrected chi connectivity index (χ0v) is 15.3. The van der Waals surface area contributed by atoms with E-state index < -0.39 is 0 Å². The number of benzene rings is 2. The lowest BCUT2D eigenvalue weighted by atomic mass is 10.2. The van der Waals surface area contributed by atoms with Crippen LogP contribution in [-0.4, -0.2) is 28.0 Å². The number of amides is 1. The van der Waals surface area contributed by atoms with Crippen LogP contribution in [0.5, 0.6) is 0 Å². The molecule has 0 unspecified atom stereocenters. The Morgan fingerprint density at radius 1 is 1.15 bits per heavy atom. The second kappa shape index (κ2) is 8.30. The molecule has 6 heteroatoms. The van der Waals surface area contributed by atoms with Gasteiger partial charge in [0.1, 0.15) is 0 Å². The van der Waals surface area contributed by atoms with Crippen molar-refractivity contribution in [1.82, 2.24) is 14.9 Å². The number of carbonyl (C=O) groups excluding carboxylic acids is 1. The Labute approximate surface area is 158 Å². The van der Waals surface area contributed by atoms with Gasteiger partial charge in [0.2, 0.25) is 11.9 Å². The number of anilines is 1. The molecule has 3 aromatic rings. The van der Waals surface area contributed by atoms with Crippen molar-refractivity contribution in [3.8, 4) is 23.0 Å². The Balaban J connectivity index is 1.95. The second-order valence-corrected chi connectivity index (χ2v) is 6.43. The maximum absolute atomic E-state index is 12.3. The predicted molar refractivity (Wildman–Crippen MR) is 105 cm³/mol. The lowest BCUT2D eigenvalue weighted by Crippen LogP contribution is -2.33. The average Bonchev–Trinajstić information content (AvgIpc) is 3.11. The van der Waals surface area contributed by atoms with Gasteiger partial charge in [0, 0.05) is 23.5 Å². The van der Waals surface area contributed by atoms with Crippen molar-refractivity contribution >= 4 is 11.9 Å². The minimum Gasteiger partial charge on any atom is -0.306 e. The van der Waals surface area contributed by atoms with Crippen LogP contribution < -0.4 is 10.6 Å². The van der Waals surface area contributed by atoms with Crippen molar-refractivity contribution in [3.05, 3.63) is 66.4 Å². The molecule has 3 rings (SSSR count). The number of nitrogens with one attached hydrogen (secondary N) is 2. The van der Waals surface area contributed by atoms with E-state index in [0.717, 1.165) is 16.9 Å². The molecule has 0 bridgehead atoms. The molecule has 0 spiro atoms. The van der Waals surface area contributed by atoms with Gasteiger partial charge in [-0.3, -0.25) is 14.7 Å². The van der Waals surface area contributed by atoms with Crippen LogP contribution in [0.3, 0.4) is 0 Å². The first-order chi connectivity index (χ1) is 13.1. The number of carbonyl (C=O) groups is 1. The molecule has 0 saturated heterocycles. The maximum atomic E-state index is 12.3. The van der Waals surface area contributed by atoms with Crippen LogP contribution in [0.4, 0.5) is 5.95 Å². The summed E-state index contributed by atoms with van der Waals surface area (Å²) < 4.78 is 1.82. The molecule has 1 amide bonds. The SMILES string of the molecule is CC(C)NCC(=O)Nc1nc(-c2ccccc2)cn1-c1ccc(C#N)cc1. The Morgan fingerprint density at radius 2 is 1.85 bits per heavy atom. The number of nitriles is 1. The van der Waals surface area contributed by atoms with Gasteiger partial charge >= 0.3 is 0 Å². The highest BCUT2D eigenvalue weighted by Gasteiger charge is 2.14. The lowest BCUT2D eigenvalue weighted by Gasteiger charge is -2.10. The minimum absolute atomic E-state index is 0.163. The van der Waals surface area contributed by atoms with E-state index in [0.29, 0.717) is 11.5 Å². The quantitative estimate of drug-likeness (QED) is 0.707. The molecule has 0 atom stereocenters. The first-order valence-corrected chi connectivity index (χ1v) is 8.75. The molecule has 136 valence electrons. The van der Waals surface area contributed by atoms with Crippen LogP contribution in [0.25, 0.3) is 16.9 Å². The van der Waals surface area contributed by atoms with Gasteiger partial charge in [0.15, 0.2) is 0 Å². The number of aromatic nitrogens is 2. The standard InChI is InChI=1S/C21H21N5O/c1-15(2)23-13-20(27)25-21-24-19(17-6-4-3-5-7-17)14-26(21)18-10-8-16(12-22)9-11-18/h3-11,14-15,23H,13H2,1-2H3,(H,24,25,27). The summed E-state index contributed by atoms with van der Waals surface area (Å²) in [5.41, 5.74) is 3.11.